The maximum Gasteiger partial charge on any atom is 0.165 e. The Morgan fingerprint density at radius 1 is 0.800 bits per heavy atom. The summed E-state index contributed by atoms with van der Waals surface area (Å²) in [5.74, 6) is -0.236. The molecule has 1 aliphatic heterocycles. The molecule has 1 heterocycles. The minimum Gasteiger partial charge on any atom is -0.616 e. The number of aliphatic hydroxyl groups excluding tert-OH is 1. The van der Waals surface area contributed by atoms with E-state index < -0.39 is 22.5 Å². The first kappa shape index (κ1) is 25.8. The van der Waals surface area contributed by atoms with Gasteiger partial charge in [-0.2, -0.15) is 0 Å². The lowest BCUT2D eigenvalue weighted by Gasteiger charge is -2.40. The van der Waals surface area contributed by atoms with Crippen LogP contribution in [-0.4, -0.2) is 64.0 Å². The fourth-order valence-corrected chi connectivity index (χ4v) is 6.41. The molecule has 0 saturated carbocycles. The highest BCUT2D eigenvalue weighted by Crippen LogP contribution is 2.32. The minimum atomic E-state index is -1.27. The van der Waals surface area contributed by atoms with Gasteiger partial charge in [0.25, 0.3) is 0 Å². The minimum absolute atomic E-state index is 0.0474. The summed E-state index contributed by atoms with van der Waals surface area (Å²) in [5.41, 5.74) is 2.62. The maximum absolute atomic E-state index is 13.5. The lowest BCUT2D eigenvalue weighted by Crippen LogP contribution is -2.50. The molecule has 186 valence electrons. The monoisotopic (exact) mass is 498 g/mol. The van der Waals surface area contributed by atoms with E-state index in [4.69, 9.17) is 0 Å². The summed E-state index contributed by atoms with van der Waals surface area (Å²) in [7, 11) is 0. The van der Waals surface area contributed by atoms with Crippen LogP contribution in [0.1, 0.15) is 34.9 Å². The molecule has 0 spiro atoms. The van der Waals surface area contributed by atoms with Crippen LogP contribution < -0.4 is 0 Å². The molecule has 1 fully saturated rings. The van der Waals surface area contributed by atoms with E-state index in [1.807, 2.05) is 25.1 Å². The SMILES string of the molecule is CC(O)C(c1ccccc1)N1CCN(CC[S+]([O-])C(c2ccc(F)cc2)c2ccc(F)cc2)CC1. The number of hydrogen-bond donors (Lipinski definition) is 1. The van der Waals surface area contributed by atoms with E-state index in [0.29, 0.717) is 12.3 Å². The molecule has 3 unspecified atom stereocenters. The highest BCUT2D eigenvalue weighted by molar-refractivity contribution is 7.91. The summed E-state index contributed by atoms with van der Waals surface area (Å²) in [5, 5.41) is 9.98. The third kappa shape index (κ3) is 6.68. The van der Waals surface area contributed by atoms with Crippen molar-refractivity contribution in [3.63, 3.8) is 0 Å². The van der Waals surface area contributed by atoms with Crippen molar-refractivity contribution in [2.45, 2.75) is 24.3 Å². The number of hydrogen-bond acceptors (Lipinski definition) is 4. The van der Waals surface area contributed by atoms with E-state index in [9.17, 15) is 18.4 Å². The first-order valence-electron chi connectivity index (χ1n) is 12.0. The van der Waals surface area contributed by atoms with Crippen LogP contribution in [0.15, 0.2) is 78.9 Å². The molecule has 7 heteroatoms. The second-order valence-corrected chi connectivity index (χ2v) is 10.7. The predicted molar refractivity (Wildman–Crippen MR) is 137 cm³/mol. The smallest absolute Gasteiger partial charge is 0.165 e. The van der Waals surface area contributed by atoms with Crippen molar-refractivity contribution in [1.29, 1.82) is 0 Å². The van der Waals surface area contributed by atoms with E-state index in [1.54, 1.807) is 24.3 Å². The first-order valence-corrected chi connectivity index (χ1v) is 13.4. The maximum atomic E-state index is 13.5. The molecule has 0 bridgehead atoms. The molecule has 1 saturated heterocycles. The van der Waals surface area contributed by atoms with Crippen molar-refractivity contribution < 1.29 is 18.4 Å². The molecule has 1 N–H and O–H groups in total. The molecular weight excluding hydrogens is 466 g/mol. The van der Waals surface area contributed by atoms with Crippen molar-refractivity contribution in [3.05, 3.63) is 107 Å². The van der Waals surface area contributed by atoms with Crippen molar-refractivity contribution in [2.75, 3.05) is 38.5 Å². The summed E-state index contributed by atoms with van der Waals surface area (Å²) in [6.07, 6.45) is -0.483. The van der Waals surface area contributed by atoms with E-state index in [-0.39, 0.29) is 17.7 Å². The van der Waals surface area contributed by atoms with Gasteiger partial charge in [0, 0.05) is 43.9 Å². The zero-order chi connectivity index (χ0) is 24.8. The van der Waals surface area contributed by atoms with Crippen molar-refractivity contribution >= 4 is 11.2 Å². The predicted octanol–water partition coefficient (Wildman–Crippen LogP) is 4.54. The molecule has 0 aliphatic carbocycles. The van der Waals surface area contributed by atoms with Crippen LogP contribution in [0, 0.1) is 11.6 Å². The normalized spacial score (nSPS) is 17.9. The van der Waals surface area contributed by atoms with Gasteiger partial charge in [-0.3, -0.25) is 9.80 Å². The van der Waals surface area contributed by atoms with E-state index in [0.717, 1.165) is 42.9 Å². The summed E-state index contributed by atoms with van der Waals surface area (Å²) in [6.45, 7) is 5.78. The lowest BCUT2D eigenvalue weighted by molar-refractivity contribution is 0.0274. The van der Waals surface area contributed by atoms with Gasteiger partial charge in [-0.1, -0.05) is 54.6 Å². The second kappa shape index (κ2) is 12.1. The van der Waals surface area contributed by atoms with Gasteiger partial charge < -0.3 is 9.66 Å². The number of halogens is 2. The largest absolute Gasteiger partial charge is 0.616 e. The molecule has 4 rings (SSSR count). The van der Waals surface area contributed by atoms with Gasteiger partial charge in [0.1, 0.15) is 17.4 Å². The van der Waals surface area contributed by atoms with E-state index >= 15 is 0 Å². The fraction of sp³-hybridized carbons (Fsp3) is 0.357. The Morgan fingerprint density at radius 3 is 1.80 bits per heavy atom. The van der Waals surface area contributed by atoms with Crippen LogP contribution >= 0.6 is 0 Å². The van der Waals surface area contributed by atoms with Crippen molar-refractivity contribution in [2.24, 2.45) is 0 Å². The molecular formula is C28H32F2N2O2S. The van der Waals surface area contributed by atoms with Gasteiger partial charge in [-0.25, -0.2) is 8.78 Å². The number of benzene rings is 3. The number of rotatable bonds is 9. The van der Waals surface area contributed by atoms with E-state index in [1.165, 1.54) is 24.3 Å². The average molecular weight is 499 g/mol. The molecule has 1 aliphatic rings. The Kier molecular flexibility index (Phi) is 8.92. The van der Waals surface area contributed by atoms with Crippen molar-refractivity contribution in [3.8, 4) is 0 Å². The summed E-state index contributed by atoms with van der Waals surface area (Å²) in [4.78, 5) is 4.61. The first-order chi connectivity index (χ1) is 16.9. The van der Waals surface area contributed by atoms with Gasteiger partial charge in [-0.05, 0) is 47.9 Å². The molecule has 3 aromatic carbocycles. The standard InChI is InChI=1S/C28H32F2N2O2S/c1-21(33)27(22-5-3-2-4-6-22)32-17-15-31(16-18-32)19-20-35(34)28(23-7-11-25(29)12-8-23)24-9-13-26(30)14-10-24/h2-14,21,27-28,33H,15-20H2,1H3. The summed E-state index contributed by atoms with van der Waals surface area (Å²) in [6, 6.07) is 22.1. The zero-order valence-electron chi connectivity index (χ0n) is 19.9. The van der Waals surface area contributed by atoms with Crippen LogP contribution in [0.25, 0.3) is 0 Å². The van der Waals surface area contributed by atoms with Gasteiger partial charge in [0.15, 0.2) is 5.25 Å². The Bertz CT molecular complexity index is 997. The van der Waals surface area contributed by atoms with Crippen LogP contribution in [0.5, 0.6) is 0 Å². The van der Waals surface area contributed by atoms with Gasteiger partial charge in [0.2, 0.25) is 0 Å². The molecule has 0 radical (unpaired) electrons. The highest BCUT2D eigenvalue weighted by Gasteiger charge is 2.30. The van der Waals surface area contributed by atoms with Crippen LogP contribution in [-0.2, 0) is 11.2 Å². The van der Waals surface area contributed by atoms with Gasteiger partial charge in [-0.15, -0.1) is 0 Å². The molecule has 0 aromatic heterocycles. The van der Waals surface area contributed by atoms with Crippen LogP contribution in [0.3, 0.4) is 0 Å². The molecule has 0 amide bonds. The summed E-state index contributed by atoms with van der Waals surface area (Å²) >= 11 is -1.27. The third-order valence-electron chi connectivity index (χ3n) is 6.62. The molecule has 4 nitrogen and oxygen atoms in total. The molecule has 3 aromatic rings. The third-order valence-corrected chi connectivity index (χ3v) is 8.27. The second-order valence-electron chi connectivity index (χ2n) is 9.04. The number of piperazine rings is 1. The number of nitrogens with zero attached hydrogens (tertiary/aromatic N) is 2. The van der Waals surface area contributed by atoms with Gasteiger partial charge in [0.05, 0.1) is 12.1 Å². The quantitative estimate of drug-likeness (QED) is 0.440. The topological polar surface area (TPSA) is 49.8 Å². The zero-order valence-corrected chi connectivity index (χ0v) is 20.7. The highest BCUT2D eigenvalue weighted by atomic mass is 32.2. The molecule has 35 heavy (non-hydrogen) atoms. The van der Waals surface area contributed by atoms with Gasteiger partial charge >= 0.3 is 0 Å². The Balaban J connectivity index is 1.38. The Hall–Kier alpha value is -2.29. The fourth-order valence-electron chi connectivity index (χ4n) is 4.82. The summed E-state index contributed by atoms with van der Waals surface area (Å²) < 4.78 is 40.4. The van der Waals surface area contributed by atoms with Crippen molar-refractivity contribution in [1.82, 2.24) is 9.80 Å². The molecule has 3 atom stereocenters. The number of aliphatic hydroxyl groups is 1. The Morgan fingerprint density at radius 2 is 1.31 bits per heavy atom. The Labute approximate surface area is 209 Å². The van der Waals surface area contributed by atoms with E-state index in [2.05, 4.69) is 21.9 Å². The lowest BCUT2D eigenvalue weighted by atomic mass is 10.00. The van der Waals surface area contributed by atoms with Crippen LogP contribution in [0.4, 0.5) is 8.78 Å². The average Bonchev–Trinajstić information content (AvgIpc) is 2.86. The van der Waals surface area contributed by atoms with Crippen LogP contribution in [0.2, 0.25) is 0 Å².